The van der Waals surface area contributed by atoms with Gasteiger partial charge in [0.2, 0.25) is 0 Å². The Morgan fingerprint density at radius 1 is 1.08 bits per heavy atom. The Labute approximate surface area is 157 Å². The molecule has 3 aromatic heterocycles. The van der Waals surface area contributed by atoms with Gasteiger partial charge in [-0.2, -0.15) is 0 Å². The third kappa shape index (κ3) is 3.17. The second-order valence-corrected chi connectivity index (χ2v) is 8.54. The van der Waals surface area contributed by atoms with Crippen LogP contribution in [0.15, 0.2) is 36.5 Å². The van der Waals surface area contributed by atoms with E-state index in [1.54, 1.807) is 0 Å². The fraction of sp³-hybridized carbons (Fsp3) is 0.500. The Balaban J connectivity index is 1.21. The molecule has 0 amide bonds. The first-order valence-corrected chi connectivity index (χ1v) is 10.4. The van der Waals surface area contributed by atoms with Gasteiger partial charge in [0.25, 0.3) is 0 Å². The molecule has 0 saturated carbocycles. The first-order chi connectivity index (χ1) is 12.9. The zero-order valence-corrected chi connectivity index (χ0v) is 15.7. The van der Waals surface area contributed by atoms with Crippen molar-refractivity contribution in [1.82, 2.24) is 19.5 Å². The number of aromatic nitrogens is 3. The zero-order chi connectivity index (χ0) is 17.3. The predicted octanol–water partition coefficient (Wildman–Crippen LogP) is 4.02. The van der Waals surface area contributed by atoms with Crippen LogP contribution in [0.5, 0.6) is 0 Å². The van der Waals surface area contributed by atoms with Crippen LogP contribution in [-0.2, 0) is 11.3 Å². The SMILES string of the molecule is c1ccn2c(C3CCN(Cc4ccc([C@H]5CCCO5)s4)CC3)nnc2c1. The molecule has 0 N–H and O–H groups in total. The van der Waals surface area contributed by atoms with Crippen LogP contribution in [0.2, 0.25) is 0 Å². The van der Waals surface area contributed by atoms with Crippen molar-refractivity contribution in [3.8, 4) is 0 Å². The molecule has 0 bridgehead atoms. The Hall–Kier alpha value is -1.76. The lowest BCUT2D eigenvalue weighted by atomic mass is 9.96. The number of ether oxygens (including phenoxy) is 1. The minimum Gasteiger partial charge on any atom is -0.373 e. The minimum absolute atomic E-state index is 0.348. The Morgan fingerprint density at radius 3 is 2.85 bits per heavy atom. The highest BCUT2D eigenvalue weighted by Crippen LogP contribution is 2.34. The number of rotatable bonds is 4. The van der Waals surface area contributed by atoms with E-state index in [1.807, 2.05) is 23.5 Å². The lowest BCUT2D eigenvalue weighted by Gasteiger charge is -2.30. The zero-order valence-electron chi connectivity index (χ0n) is 14.9. The first-order valence-electron chi connectivity index (χ1n) is 9.59. The molecule has 0 aliphatic carbocycles. The molecule has 0 radical (unpaired) electrons. The van der Waals surface area contributed by atoms with E-state index in [0.29, 0.717) is 12.0 Å². The number of thiophene rings is 1. The van der Waals surface area contributed by atoms with E-state index in [4.69, 9.17) is 4.74 Å². The lowest BCUT2D eigenvalue weighted by molar-refractivity contribution is 0.114. The highest BCUT2D eigenvalue weighted by molar-refractivity contribution is 7.12. The number of nitrogens with zero attached hydrogens (tertiary/aromatic N) is 4. The topological polar surface area (TPSA) is 42.7 Å². The molecule has 0 spiro atoms. The third-order valence-electron chi connectivity index (χ3n) is 5.60. The van der Waals surface area contributed by atoms with Crippen molar-refractivity contribution in [2.45, 2.75) is 44.2 Å². The number of pyridine rings is 1. The Kier molecular flexibility index (Phi) is 4.48. The summed E-state index contributed by atoms with van der Waals surface area (Å²) >= 11 is 1.93. The van der Waals surface area contributed by atoms with E-state index in [0.717, 1.165) is 50.6 Å². The van der Waals surface area contributed by atoms with E-state index in [2.05, 4.69) is 43.9 Å². The number of hydrogen-bond donors (Lipinski definition) is 0. The lowest BCUT2D eigenvalue weighted by Crippen LogP contribution is -2.32. The van der Waals surface area contributed by atoms with Crippen LogP contribution in [0, 0.1) is 0 Å². The highest BCUT2D eigenvalue weighted by atomic mass is 32.1. The molecule has 2 fully saturated rings. The quantitative estimate of drug-likeness (QED) is 0.697. The molecule has 5 heterocycles. The van der Waals surface area contributed by atoms with Crippen molar-refractivity contribution in [3.05, 3.63) is 52.1 Å². The van der Waals surface area contributed by atoms with Gasteiger partial charge in [0.05, 0.1) is 6.10 Å². The summed E-state index contributed by atoms with van der Waals surface area (Å²) in [6.07, 6.45) is 7.11. The maximum Gasteiger partial charge on any atom is 0.160 e. The van der Waals surface area contributed by atoms with E-state index in [1.165, 1.54) is 22.6 Å². The van der Waals surface area contributed by atoms with Gasteiger partial charge in [-0.15, -0.1) is 21.5 Å². The largest absolute Gasteiger partial charge is 0.373 e. The van der Waals surface area contributed by atoms with Gasteiger partial charge >= 0.3 is 0 Å². The standard InChI is InChI=1S/C20H24N4OS/c1-2-10-24-19(5-1)21-22-20(24)15-8-11-23(12-9-15)14-16-6-7-18(26-16)17-4-3-13-25-17/h1-2,5-7,10,15,17H,3-4,8-9,11-14H2/t17-/m1/s1. The highest BCUT2D eigenvalue weighted by Gasteiger charge is 2.25. The van der Waals surface area contributed by atoms with E-state index >= 15 is 0 Å². The number of fused-ring (bicyclic) bond motifs is 1. The monoisotopic (exact) mass is 368 g/mol. The average molecular weight is 369 g/mol. The maximum absolute atomic E-state index is 5.81. The van der Waals surface area contributed by atoms with Gasteiger partial charge in [-0.1, -0.05) is 6.07 Å². The third-order valence-corrected chi connectivity index (χ3v) is 6.76. The van der Waals surface area contributed by atoms with Gasteiger partial charge in [0, 0.05) is 35.0 Å². The smallest absolute Gasteiger partial charge is 0.160 e. The summed E-state index contributed by atoms with van der Waals surface area (Å²) in [4.78, 5) is 5.44. The van der Waals surface area contributed by atoms with Crippen molar-refractivity contribution in [2.24, 2.45) is 0 Å². The molecule has 26 heavy (non-hydrogen) atoms. The number of hydrogen-bond acceptors (Lipinski definition) is 5. The molecule has 136 valence electrons. The molecule has 2 aliphatic rings. The molecule has 6 heteroatoms. The van der Waals surface area contributed by atoms with Crippen molar-refractivity contribution in [3.63, 3.8) is 0 Å². The fourth-order valence-corrected chi connectivity index (χ4v) is 5.30. The molecule has 2 aliphatic heterocycles. The molecule has 1 atom stereocenters. The van der Waals surface area contributed by atoms with Gasteiger partial charge < -0.3 is 4.74 Å². The normalized spacial score (nSPS) is 22.4. The molecule has 5 rings (SSSR count). The molecule has 0 aromatic carbocycles. The van der Waals surface area contributed by atoms with Crippen molar-refractivity contribution >= 4 is 17.0 Å². The van der Waals surface area contributed by atoms with Crippen molar-refractivity contribution < 1.29 is 4.74 Å². The minimum atomic E-state index is 0.348. The van der Waals surface area contributed by atoms with Crippen LogP contribution in [-0.4, -0.2) is 39.2 Å². The summed E-state index contributed by atoms with van der Waals surface area (Å²) in [5.74, 6) is 1.63. The summed E-state index contributed by atoms with van der Waals surface area (Å²) in [5, 5.41) is 8.77. The average Bonchev–Trinajstić information content (AvgIpc) is 3.43. The van der Waals surface area contributed by atoms with Crippen LogP contribution in [0.4, 0.5) is 0 Å². The second-order valence-electron chi connectivity index (χ2n) is 7.34. The van der Waals surface area contributed by atoms with Crippen molar-refractivity contribution in [2.75, 3.05) is 19.7 Å². The van der Waals surface area contributed by atoms with Crippen LogP contribution >= 0.6 is 11.3 Å². The molecular formula is C20H24N4OS. The Morgan fingerprint density at radius 2 is 2.00 bits per heavy atom. The summed E-state index contributed by atoms with van der Waals surface area (Å²) < 4.78 is 7.96. The summed E-state index contributed by atoms with van der Waals surface area (Å²) in [5.41, 5.74) is 0.949. The van der Waals surface area contributed by atoms with Gasteiger partial charge in [0.1, 0.15) is 5.82 Å². The molecule has 5 nitrogen and oxygen atoms in total. The van der Waals surface area contributed by atoms with Crippen LogP contribution in [0.3, 0.4) is 0 Å². The van der Waals surface area contributed by atoms with Gasteiger partial charge in [0.15, 0.2) is 5.65 Å². The van der Waals surface area contributed by atoms with E-state index in [9.17, 15) is 0 Å². The summed E-state index contributed by atoms with van der Waals surface area (Å²) in [7, 11) is 0. The van der Waals surface area contributed by atoms with Gasteiger partial charge in [-0.25, -0.2) is 0 Å². The van der Waals surface area contributed by atoms with Crippen molar-refractivity contribution in [1.29, 1.82) is 0 Å². The van der Waals surface area contributed by atoms with Crippen LogP contribution in [0.1, 0.15) is 53.3 Å². The first kappa shape index (κ1) is 16.4. The summed E-state index contributed by atoms with van der Waals surface area (Å²) in [6, 6.07) is 10.7. The van der Waals surface area contributed by atoms with Gasteiger partial charge in [-0.3, -0.25) is 9.30 Å². The summed E-state index contributed by atoms with van der Waals surface area (Å²) in [6.45, 7) is 4.23. The Bertz CT molecular complexity index is 875. The van der Waals surface area contributed by atoms with Crippen LogP contribution in [0.25, 0.3) is 5.65 Å². The fourth-order valence-electron chi connectivity index (χ4n) is 4.16. The number of likely N-dealkylation sites (tertiary alicyclic amines) is 1. The predicted molar refractivity (Wildman–Crippen MR) is 102 cm³/mol. The van der Waals surface area contributed by atoms with Crippen LogP contribution < -0.4 is 0 Å². The molecule has 2 saturated heterocycles. The second kappa shape index (κ2) is 7.10. The van der Waals surface area contributed by atoms with E-state index < -0.39 is 0 Å². The van der Waals surface area contributed by atoms with Gasteiger partial charge in [-0.05, 0) is 63.0 Å². The molecule has 0 unspecified atom stereocenters. The molecule has 3 aromatic rings. The maximum atomic E-state index is 5.81. The van der Waals surface area contributed by atoms with E-state index in [-0.39, 0.29) is 0 Å². The number of piperidine rings is 1. The molecular weight excluding hydrogens is 344 g/mol.